The molecule has 4 rings (SSSR count). The predicted molar refractivity (Wildman–Crippen MR) is 110 cm³/mol. The van der Waals surface area contributed by atoms with Gasteiger partial charge in [-0.15, -0.1) is 0 Å². The maximum atomic E-state index is 14.1. The summed E-state index contributed by atoms with van der Waals surface area (Å²) in [6.45, 7) is 0.208. The van der Waals surface area contributed by atoms with Gasteiger partial charge in [0.15, 0.2) is 5.65 Å². The van der Waals surface area contributed by atoms with E-state index in [1.54, 1.807) is 41.8 Å². The molecule has 1 N–H and O–H groups in total. The molecule has 7 heteroatoms. The summed E-state index contributed by atoms with van der Waals surface area (Å²) in [5.41, 5.74) is 3.84. The fraction of sp³-hybridized carbons (Fsp3) is 0.136. The third-order valence-electron chi connectivity index (χ3n) is 4.66. The van der Waals surface area contributed by atoms with Crippen LogP contribution >= 0.6 is 0 Å². The van der Waals surface area contributed by atoms with Gasteiger partial charge in [0, 0.05) is 32.4 Å². The number of rotatable bonds is 5. The van der Waals surface area contributed by atoms with E-state index in [1.165, 1.54) is 12.3 Å². The van der Waals surface area contributed by atoms with Crippen LogP contribution in [0.3, 0.4) is 0 Å². The maximum absolute atomic E-state index is 14.1. The molecule has 0 saturated heterocycles. The van der Waals surface area contributed by atoms with Crippen molar-refractivity contribution in [3.63, 3.8) is 0 Å². The van der Waals surface area contributed by atoms with E-state index in [1.807, 2.05) is 36.4 Å². The van der Waals surface area contributed by atoms with E-state index in [0.717, 1.165) is 11.3 Å². The Bertz CT molecular complexity index is 1170. The zero-order valence-corrected chi connectivity index (χ0v) is 16.1. The Morgan fingerprint density at radius 1 is 1.14 bits per heavy atom. The van der Waals surface area contributed by atoms with Gasteiger partial charge in [0.05, 0.1) is 17.6 Å². The van der Waals surface area contributed by atoms with Crippen molar-refractivity contribution in [2.45, 2.75) is 6.54 Å². The molecule has 2 aromatic heterocycles. The number of fused-ring (bicyclic) bond motifs is 1. The SMILES string of the molecule is CN(C)c1ccc(CNC(=O)c2cnn3c(-c4ccccc4)ccnc23)cc1F. The number of nitrogens with one attached hydrogen (secondary N) is 1. The Kier molecular flexibility index (Phi) is 4.95. The Labute approximate surface area is 167 Å². The second-order valence-corrected chi connectivity index (χ2v) is 6.85. The van der Waals surface area contributed by atoms with E-state index in [9.17, 15) is 9.18 Å². The van der Waals surface area contributed by atoms with E-state index < -0.39 is 0 Å². The highest BCUT2D eigenvalue weighted by molar-refractivity contribution is 5.99. The molecule has 29 heavy (non-hydrogen) atoms. The van der Waals surface area contributed by atoms with Gasteiger partial charge in [0.2, 0.25) is 0 Å². The fourth-order valence-electron chi connectivity index (χ4n) is 3.18. The van der Waals surface area contributed by atoms with Crippen LogP contribution in [0, 0.1) is 5.82 Å². The van der Waals surface area contributed by atoms with Crippen LogP contribution in [0.2, 0.25) is 0 Å². The first-order valence-electron chi connectivity index (χ1n) is 9.16. The maximum Gasteiger partial charge on any atom is 0.257 e. The predicted octanol–water partition coefficient (Wildman–Crippen LogP) is 3.53. The van der Waals surface area contributed by atoms with Gasteiger partial charge in [-0.2, -0.15) is 5.10 Å². The molecule has 0 radical (unpaired) electrons. The van der Waals surface area contributed by atoms with Crippen LogP contribution in [0.25, 0.3) is 16.9 Å². The van der Waals surface area contributed by atoms with Gasteiger partial charge in [-0.3, -0.25) is 4.79 Å². The molecule has 0 aliphatic rings. The average Bonchev–Trinajstić information content (AvgIpc) is 3.17. The molecule has 2 heterocycles. The summed E-state index contributed by atoms with van der Waals surface area (Å²) in [5, 5.41) is 7.16. The summed E-state index contributed by atoms with van der Waals surface area (Å²) in [5.74, 6) is -0.637. The lowest BCUT2D eigenvalue weighted by Crippen LogP contribution is -2.23. The van der Waals surface area contributed by atoms with Crippen LogP contribution in [0.5, 0.6) is 0 Å². The third kappa shape index (κ3) is 3.67. The second-order valence-electron chi connectivity index (χ2n) is 6.85. The topological polar surface area (TPSA) is 62.5 Å². The van der Waals surface area contributed by atoms with E-state index >= 15 is 0 Å². The Morgan fingerprint density at radius 3 is 2.66 bits per heavy atom. The first-order valence-corrected chi connectivity index (χ1v) is 9.16. The Hall–Kier alpha value is -3.74. The summed E-state index contributed by atoms with van der Waals surface area (Å²) in [4.78, 5) is 18.7. The standard InChI is InChI=1S/C22H20FN5O/c1-27(2)20-9-8-15(12-18(20)23)13-25-22(29)17-14-26-28-19(10-11-24-21(17)28)16-6-4-3-5-7-16/h3-12,14H,13H2,1-2H3,(H,25,29). The summed E-state index contributed by atoms with van der Waals surface area (Å²) in [6, 6.07) is 16.5. The van der Waals surface area contributed by atoms with Crippen molar-refractivity contribution < 1.29 is 9.18 Å². The van der Waals surface area contributed by atoms with Crippen molar-refractivity contribution >= 4 is 17.2 Å². The molecule has 0 bridgehead atoms. The lowest BCUT2D eigenvalue weighted by Gasteiger charge is -2.14. The van der Waals surface area contributed by atoms with E-state index in [4.69, 9.17) is 0 Å². The molecule has 0 atom stereocenters. The Balaban J connectivity index is 1.56. The number of hydrogen-bond donors (Lipinski definition) is 1. The molecule has 146 valence electrons. The highest BCUT2D eigenvalue weighted by Gasteiger charge is 2.16. The van der Waals surface area contributed by atoms with Crippen molar-refractivity contribution in [1.82, 2.24) is 19.9 Å². The molecule has 1 amide bonds. The minimum Gasteiger partial charge on any atom is -0.375 e. The first-order chi connectivity index (χ1) is 14.0. The van der Waals surface area contributed by atoms with Crippen LogP contribution in [0.1, 0.15) is 15.9 Å². The van der Waals surface area contributed by atoms with E-state index in [0.29, 0.717) is 22.5 Å². The van der Waals surface area contributed by atoms with E-state index in [2.05, 4.69) is 15.4 Å². The quantitative estimate of drug-likeness (QED) is 0.567. The lowest BCUT2D eigenvalue weighted by molar-refractivity contribution is 0.0952. The van der Waals surface area contributed by atoms with Crippen LogP contribution in [0.4, 0.5) is 10.1 Å². The number of benzene rings is 2. The molecule has 0 saturated carbocycles. The number of anilines is 1. The monoisotopic (exact) mass is 389 g/mol. The van der Waals surface area contributed by atoms with Crippen LogP contribution in [-0.2, 0) is 6.54 Å². The second kappa shape index (κ2) is 7.71. The minimum atomic E-state index is -0.327. The zero-order chi connectivity index (χ0) is 20.4. The molecule has 6 nitrogen and oxygen atoms in total. The smallest absolute Gasteiger partial charge is 0.257 e. The van der Waals surface area contributed by atoms with Crippen LogP contribution in [0.15, 0.2) is 67.0 Å². The zero-order valence-electron chi connectivity index (χ0n) is 16.1. The first kappa shape index (κ1) is 18.6. The van der Waals surface area contributed by atoms with Gasteiger partial charge in [0.25, 0.3) is 5.91 Å². The van der Waals surface area contributed by atoms with Crippen molar-refractivity contribution in [1.29, 1.82) is 0 Å². The largest absolute Gasteiger partial charge is 0.375 e. The van der Waals surface area contributed by atoms with Crippen LogP contribution in [-0.4, -0.2) is 34.6 Å². The number of nitrogens with zero attached hydrogens (tertiary/aromatic N) is 4. The van der Waals surface area contributed by atoms with Gasteiger partial charge in [0.1, 0.15) is 11.4 Å². The van der Waals surface area contributed by atoms with Crippen molar-refractivity contribution in [3.8, 4) is 11.3 Å². The van der Waals surface area contributed by atoms with Gasteiger partial charge >= 0.3 is 0 Å². The minimum absolute atomic E-state index is 0.208. The summed E-state index contributed by atoms with van der Waals surface area (Å²) >= 11 is 0. The molecule has 0 unspecified atom stereocenters. The molecule has 2 aromatic carbocycles. The third-order valence-corrected chi connectivity index (χ3v) is 4.66. The van der Waals surface area contributed by atoms with Crippen molar-refractivity contribution in [2.24, 2.45) is 0 Å². The molecular weight excluding hydrogens is 369 g/mol. The molecule has 0 spiro atoms. The number of halogens is 1. The van der Waals surface area contributed by atoms with Gasteiger partial charge in [-0.1, -0.05) is 36.4 Å². The fourth-order valence-corrected chi connectivity index (χ4v) is 3.18. The lowest BCUT2D eigenvalue weighted by atomic mass is 10.1. The van der Waals surface area contributed by atoms with E-state index in [-0.39, 0.29) is 18.3 Å². The number of amides is 1. The Morgan fingerprint density at radius 2 is 1.93 bits per heavy atom. The normalized spacial score (nSPS) is 10.9. The molecule has 0 aliphatic heterocycles. The van der Waals surface area contributed by atoms with Gasteiger partial charge in [-0.25, -0.2) is 13.9 Å². The molecule has 0 fully saturated rings. The summed E-state index contributed by atoms with van der Waals surface area (Å²) in [6.07, 6.45) is 3.16. The number of hydrogen-bond acceptors (Lipinski definition) is 4. The van der Waals surface area contributed by atoms with Gasteiger partial charge < -0.3 is 10.2 Å². The molecule has 0 aliphatic carbocycles. The molecule has 4 aromatic rings. The average molecular weight is 389 g/mol. The van der Waals surface area contributed by atoms with Gasteiger partial charge in [-0.05, 0) is 23.8 Å². The highest BCUT2D eigenvalue weighted by atomic mass is 19.1. The summed E-state index contributed by atoms with van der Waals surface area (Å²) in [7, 11) is 3.56. The highest BCUT2D eigenvalue weighted by Crippen LogP contribution is 2.21. The number of carbonyl (C=O) groups excluding carboxylic acids is 1. The molecular formula is C22H20FN5O. The summed E-state index contributed by atoms with van der Waals surface area (Å²) < 4.78 is 15.8. The van der Waals surface area contributed by atoms with Crippen molar-refractivity contribution in [2.75, 3.05) is 19.0 Å². The number of carbonyl (C=O) groups is 1. The van der Waals surface area contributed by atoms with Crippen LogP contribution < -0.4 is 10.2 Å². The van der Waals surface area contributed by atoms with Crippen molar-refractivity contribution in [3.05, 3.63) is 83.9 Å². The number of aromatic nitrogens is 3.